The molecule has 1 N–H and O–H groups in total. The average Bonchev–Trinajstić information content (AvgIpc) is 2.76. The van der Waals surface area contributed by atoms with Crippen molar-refractivity contribution >= 4 is 5.78 Å². The Morgan fingerprint density at radius 3 is 1.79 bits per heavy atom. The van der Waals surface area contributed by atoms with Crippen molar-refractivity contribution in [2.45, 2.75) is 32.4 Å². The molecule has 0 amide bonds. The van der Waals surface area contributed by atoms with Gasteiger partial charge in [-0.2, -0.15) is 39.5 Å². The van der Waals surface area contributed by atoms with E-state index >= 15 is 0 Å². The van der Waals surface area contributed by atoms with E-state index in [-0.39, 0.29) is 56.0 Å². The predicted molar refractivity (Wildman–Crippen MR) is 116 cm³/mol. The Bertz CT molecular complexity index is 1240. The van der Waals surface area contributed by atoms with E-state index in [1.165, 1.54) is 50.4 Å². The Morgan fingerprint density at radius 2 is 1.42 bits per heavy atom. The summed E-state index contributed by atoms with van der Waals surface area (Å²) in [5, 5.41) is 8.36. The molecule has 0 atom stereocenters. The van der Waals surface area contributed by atoms with E-state index < -0.39 is 46.3 Å². The molecule has 2 aromatic carbocycles. The molecule has 0 unspecified atom stereocenters. The number of carbonyl (C=O) groups excluding carboxylic acids is 1. The van der Waals surface area contributed by atoms with Crippen LogP contribution >= 0.6 is 0 Å². The first kappa shape index (κ1) is 32.9. The standard InChI is InChI=1S/C20H9F9N.C5H8O2.Pt/c21-18(22,23)11-9-14(19(24,25)26)17(15(10-11)20(27,28)29)13-6-2-1-5-12(13)16-7-3-4-8-30-16;1-4(6)3-5(2)7;/h1-4,6-10H;3,6H,1-2H3;/q-1;;/b;4-3-;. The van der Waals surface area contributed by atoms with Crippen molar-refractivity contribution in [3.63, 3.8) is 0 Å². The molecule has 0 saturated carbocycles. The summed E-state index contributed by atoms with van der Waals surface area (Å²) in [6, 6.07) is 9.50. The molecule has 0 saturated heterocycles. The molecule has 1 aromatic heterocycles. The van der Waals surface area contributed by atoms with Crippen molar-refractivity contribution in [2.75, 3.05) is 0 Å². The minimum atomic E-state index is -5.49. The molecule has 0 bridgehead atoms. The Hall–Kier alpha value is -3.14. The van der Waals surface area contributed by atoms with Gasteiger partial charge >= 0.3 is 18.5 Å². The number of pyridine rings is 1. The average molecular weight is 729 g/mol. The molecule has 3 nitrogen and oxygen atoms in total. The van der Waals surface area contributed by atoms with Gasteiger partial charge in [-0.25, -0.2) is 0 Å². The second-order valence-corrected chi connectivity index (χ2v) is 7.51. The third-order valence-corrected chi connectivity index (χ3v) is 4.54. The molecule has 3 aromatic rings. The first-order chi connectivity index (χ1) is 16.9. The van der Waals surface area contributed by atoms with Crippen molar-refractivity contribution in [3.8, 4) is 22.4 Å². The van der Waals surface area contributed by atoms with Crippen LogP contribution in [-0.4, -0.2) is 15.9 Å². The van der Waals surface area contributed by atoms with Gasteiger partial charge in [-0.3, -0.25) is 4.79 Å². The number of hydrogen-bond donors (Lipinski definition) is 1. The zero-order chi connectivity index (χ0) is 28.2. The van der Waals surface area contributed by atoms with Crippen LogP contribution in [0.25, 0.3) is 22.4 Å². The number of allylic oxidation sites excluding steroid dienone is 2. The van der Waals surface area contributed by atoms with Crippen molar-refractivity contribution in [2.24, 2.45) is 0 Å². The van der Waals surface area contributed by atoms with Crippen LogP contribution in [0.15, 0.2) is 66.6 Å². The number of aliphatic hydroxyl groups excluding tert-OH is 1. The zero-order valence-electron chi connectivity index (χ0n) is 19.3. The summed E-state index contributed by atoms with van der Waals surface area (Å²) in [5.41, 5.74) is -8.37. The molecular formula is C25H17F9NO2Pt-. The SMILES string of the molecule is CC(=O)/C=C(/C)O.FC(F)(F)c1cc(C(F)(F)F)c(-c2ccc[c-]c2-c2ccccn2)c(C(F)(F)F)c1.[Pt]. The minimum absolute atomic E-state index is 0. The van der Waals surface area contributed by atoms with Crippen molar-refractivity contribution < 1.29 is 70.5 Å². The Balaban J connectivity index is 0.000000797. The maximum absolute atomic E-state index is 13.6. The molecule has 3 rings (SSSR count). The van der Waals surface area contributed by atoms with Crippen LogP contribution in [0.4, 0.5) is 39.5 Å². The number of aliphatic hydroxyl groups is 1. The number of aromatic nitrogens is 1. The van der Waals surface area contributed by atoms with Gasteiger partial charge in [-0.15, -0.1) is 29.8 Å². The van der Waals surface area contributed by atoms with E-state index in [9.17, 15) is 44.3 Å². The molecule has 38 heavy (non-hydrogen) atoms. The summed E-state index contributed by atoms with van der Waals surface area (Å²) >= 11 is 0. The van der Waals surface area contributed by atoms with E-state index in [1.807, 2.05) is 0 Å². The van der Waals surface area contributed by atoms with E-state index in [1.54, 1.807) is 0 Å². The van der Waals surface area contributed by atoms with E-state index in [4.69, 9.17) is 5.11 Å². The second kappa shape index (κ2) is 12.6. The van der Waals surface area contributed by atoms with Crippen LogP contribution in [-0.2, 0) is 44.4 Å². The summed E-state index contributed by atoms with van der Waals surface area (Å²) in [5.74, 6) is -0.0625. The number of carbonyl (C=O) groups is 1. The zero-order valence-corrected chi connectivity index (χ0v) is 21.6. The molecule has 0 aliphatic heterocycles. The maximum atomic E-state index is 13.6. The number of hydrogen-bond acceptors (Lipinski definition) is 3. The van der Waals surface area contributed by atoms with Crippen LogP contribution in [0.1, 0.15) is 30.5 Å². The van der Waals surface area contributed by atoms with Gasteiger partial charge in [-0.05, 0) is 43.3 Å². The quantitative estimate of drug-likeness (QED) is 0.128. The third kappa shape index (κ3) is 8.72. The minimum Gasteiger partial charge on any atom is -0.512 e. The fraction of sp³-hybridized carbons (Fsp3) is 0.200. The van der Waals surface area contributed by atoms with Gasteiger partial charge in [0.1, 0.15) is 0 Å². The number of rotatable bonds is 3. The van der Waals surface area contributed by atoms with Gasteiger partial charge in [0, 0.05) is 33.3 Å². The van der Waals surface area contributed by atoms with Gasteiger partial charge < -0.3 is 10.1 Å². The first-order valence-corrected chi connectivity index (χ1v) is 10.1. The number of nitrogens with zero attached hydrogens (tertiary/aromatic N) is 1. The summed E-state index contributed by atoms with van der Waals surface area (Å²) < 4.78 is 121. The van der Waals surface area contributed by atoms with E-state index in [0.29, 0.717) is 0 Å². The molecule has 0 radical (unpaired) electrons. The normalized spacial score (nSPS) is 12.2. The molecule has 0 spiro atoms. The van der Waals surface area contributed by atoms with Crippen LogP contribution in [0, 0.1) is 6.07 Å². The summed E-state index contributed by atoms with van der Waals surface area (Å²) in [7, 11) is 0. The summed E-state index contributed by atoms with van der Waals surface area (Å²) in [4.78, 5) is 13.9. The van der Waals surface area contributed by atoms with Gasteiger partial charge in [0.2, 0.25) is 0 Å². The monoisotopic (exact) mass is 729 g/mol. The summed E-state index contributed by atoms with van der Waals surface area (Å²) in [6.45, 7) is 2.85. The number of ketones is 1. The Labute approximate surface area is 225 Å². The van der Waals surface area contributed by atoms with Crippen molar-refractivity contribution in [3.05, 3.63) is 89.3 Å². The van der Waals surface area contributed by atoms with Crippen LogP contribution in [0.3, 0.4) is 0 Å². The number of alkyl halides is 9. The smallest absolute Gasteiger partial charge is 0.416 e. The van der Waals surface area contributed by atoms with E-state index in [2.05, 4.69) is 11.1 Å². The van der Waals surface area contributed by atoms with Gasteiger partial charge in [0.15, 0.2) is 5.78 Å². The largest absolute Gasteiger partial charge is 0.512 e. The fourth-order valence-electron chi connectivity index (χ4n) is 3.20. The number of benzene rings is 2. The third-order valence-electron chi connectivity index (χ3n) is 4.54. The molecule has 0 aliphatic carbocycles. The first-order valence-electron chi connectivity index (χ1n) is 10.1. The van der Waals surface area contributed by atoms with Crippen LogP contribution in [0.5, 0.6) is 0 Å². The fourth-order valence-corrected chi connectivity index (χ4v) is 3.20. The van der Waals surface area contributed by atoms with E-state index in [0.717, 1.165) is 12.1 Å². The van der Waals surface area contributed by atoms with Crippen LogP contribution < -0.4 is 0 Å². The summed E-state index contributed by atoms with van der Waals surface area (Å²) in [6.07, 6.45) is -14.0. The molecule has 208 valence electrons. The molecule has 0 fully saturated rings. The topological polar surface area (TPSA) is 50.2 Å². The molecular weight excluding hydrogens is 712 g/mol. The van der Waals surface area contributed by atoms with Crippen LogP contribution in [0.2, 0.25) is 0 Å². The predicted octanol–water partition coefficient (Wildman–Crippen LogP) is 8.31. The maximum Gasteiger partial charge on any atom is 0.416 e. The molecule has 0 aliphatic rings. The van der Waals surface area contributed by atoms with Gasteiger partial charge in [0.25, 0.3) is 0 Å². The van der Waals surface area contributed by atoms with Crippen molar-refractivity contribution in [1.82, 2.24) is 4.98 Å². The molecule has 1 heterocycles. The molecule has 13 heteroatoms. The second-order valence-electron chi connectivity index (χ2n) is 7.51. The van der Waals surface area contributed by atoms with Crippen molar-refractivity contribution in [1.29, 1.82) is 0 Å². The van der Waals surface area contributed by atoms with Gasteiger partial charge in [0.05, 0.1) is 22.4 Å². The number of halogens is 9. The van der Waals surface area contributed by atoms with Gasteiger partial charge in [-0.1, -0.05) is 17.7 Å². The Kier molecular flexibility index (Phi) is 10.9. The Morgan fingerprint density at radius 1 is 0.868 bits per heavy atom.